The Bertz CT molecular complexity index is 663. The summed E-state index contributed by atoms with van der Waals surface area (Å²) in [5, 5.41) is 9.42. The molecule has 102 valence electrons. The summed E-state index contributed by atoms with van der Waals surface area (Å²) in [6, 6.07) is 5.44. The maximum absolute atomic E-state index is 11.1. The van der Waals surface area contributed by atoms with Crippen molar-refractivity contribution in [2.24, 2.45) is 0 Å². The smallest absolute Gasteiger partial charge is 0.357 e. The highest BCUT2D eigenvalue weighted by Crippen LogP contribution is 2.36. The molecule has 1 aliphatic rings. The highest BCUT2D eigenvalue weighted by atomic mass is 32.2. The van der Waals surface area contributed by atoms with E-state index in [0.717, 1.165) is 4.90 Å². The van der Waals surface area contributed by atoms with E-state index in [0.29, 0.717) is 29.7 Å². The standard InChI is InChI=1S/C13H10N2O4S/c16-13(17)11-12(15-4-3-14-11)20-8-1-2-9-10(7-8)19-6-5-18-9/h1-4,7H,5-6H2,(H,16,17). The Morgan fingerprint density at radius 2 is 1.90 bits per heavy atom. The molecule has 3 rings (SSSR count). The number of carboxylic acids is 1. The van der Waals surface area contributed by atoms with Crippen LogP contribution >= 0.6 is 11.8 Å². The Labute approximate surface area is 118 Å². The van der Waals surface area contributed by atoms with Gasteiger partial charge in [-0.1, -0.05) is 11.8 Å². The van der Waals surface area contributed by atoms with Crippen molar-refractivity contribution in [1.29, 1.82) is 0 Å². The first-order chi connectivity index (χ1) is 9.74. The highest BCUT2D eigenvalue weighted by Gasteiger charge is 2.16. The van der Waals surface area contributed by atoms with E-state index >= 15 is 0 Å². The largest absolute Gasteiger partial charge is 0.486 e. The molecule has 0 fully saturated rings. The number of hydrogen-bond acceptors (Lipinski definition) is 6. The SMILES string of the molecule is O=C(O)c1nccnc1Sc1ccc2c(c1)OCCO2. The van der Waals surface area contributed by atoms with Crippen LogP contribution in [0, 0.1) is 0 Å². The van der Waals surface area contributed by atoms with E-state index in [1.54, 1.807) is 12.1 Å². The average molecular weight is 290 g/mol. The van der Waals surface area contributed by atoms with Crippen LogP contribution in [-0.4, -0.2) is 34.3 Å². The number of benzene rings is 1. The topological polar surface area (TPSA) is 81.5 Å². The van der Waals surface area contributed by atoms with Gasteiger partial charge < -0.3 is 14.6 Å². The van der Waals surface area contributed by atoms with Crippen molar-refractivity contribution in [3.8, 4) is 11.5 Å². The Kier molecular flexibility index (Phi) is 3.42. The van der Waals surface area contributed by atoms with Crippen molar-refractivity contribution in [3.05, 3.63) is 36.3 Å². The molecule has 1 aromatic heterocycles. The monoisotopic (exact) mass is 290 g/mol. The molecule has 0 spiro atoms. The third kappa shape index (κ3) is 2.53. The predicted molar refractivity (Wildman–Crippen MR) is 70.5 cm³/mol. The summed E-state index contributed by atoms with van der Waals surface area (Å²) in [5.74, 6) is 0.248. The lowest BCUT2D eigenvalue weighted by atomic mass is 10.3. The fourth-order valence-corrected chi connectivity index (χ4v) is 2.62. The molecule has 1 N–H and O–H groups in total. The van der Waals surface area contributed by atoms with Crippen LogP contribution in [-0.2, 0) is 0 Å². The van der Waals surface area contributed by atoms with Gasteiger partial charge in [0.25, 0.3) is 0 Å². The zero-order chi connectivity index (χ0) is 13.9. The first-order valence-electron chi connectivity index (χ1n) is 5.86. The van der Waals surface area contributed by atoms with Crippen molar-refractivity contribution < 1.29 is 19.4 Å². The lowest BCUT2D eigenvalue weighted by molar-refractivity contribution is 0.0685. The van der Waals surface area contributed by atoms with Crippen molar-refractivity contribution in [2.75, 3.05) is 13.2 Å². The zero-order valence-corrected chi connectivity index (χ0v) is 11.1. The van der Waals surface area contributed by atoms with Crippen LogP contribution in [0.2, 0.25) is 0 Å². The Balaban J connectivity index is 1.90. The lowest BCUT2D eigenvalue weighted by Crippen LogP contribution is -2.15. The molecule has 1 aromatic carbocycles. The van der Waals surface area contributed by atoms with Gasteiger partial charge in [0, 0.05) is 17.3 Å². The molecule has 6 nitrogen and oxygen atoms in total. The molecule has 0 amide bonds. The number of rotatable bonds is 3. The van der Waals surface area contributed by atoms with E-state index in [1.165, 1.54) is 24.2 Å². The lowest BCUT2D eigenvalue weighted by Gasteiger charge is -2.18. The summed E-state index contributed by atoms with van der Waals surface area (Å²) >= 11 is 1.23. The van der Waals surface area contributed by atoms with E-state index in [1.807, 2.05) is 6.07 Å². The van der Waals surface area contributed by atoms with Gasteiger partial charge in [0.2, 0.25) is 0 Å². The third-order valence-electron chi connectivity index (χ3n) is 2.60. The number of hydrogen-bond donors (Lipinski definition) is 1. The minimum absolute atomic E-state index is 0.0626. The van der Waals surface area contributed by atoms with Gasteiger partial charge in [-0.3, -0.25) is 0 Å². The minimum atomic E-state index is -1.10. The van der Waals surface area contributed by atoms with Crippen LogP contribution in [0.4, 0.5) is 0 Å². The van der Waals surface area contributed by atoms with E-state index in [4.69, 9.17) is 14.6 Å². The molecule has 0 aliphatic carbocycles. The molecule has 2 aromatic rings. The second-order valence-electron chi connectivity index (χ2n) is 3.92. The number of aromatic nitrogens is 2. The summed E-state index contributed by atoms with van der Waals surface area (Å²) in [6.07, 6.45) is 2.82. The number of carbonyl (C=O) groups is 1. The summed E-state index contributed by atoms with van der Waals surface area (Å²) in [7, 11) is 0. The van der Waals surface area contributed by atoms with Crippen LogP contribution in [0.15, 0.2) is 40.5 Å². The molecule has 0 saturated carbocycles. The van der Waals surface area contributed by atoms with Crippen molar-refractivity contribution >= 4 is 17.7 Å². The van der Waals surface area contributed by atoms with Crippen molar-refractivity contribution in [1.82, 2.24) is 9.97 Å². The molecule has 0 bridgehead atoms. The molecule has 0 saturated heterocycles. The molecular weight excluding hydrogens is 280 g/mol. The number of ether oxygens (including phenoxy) is 2. The summed E-state index contributed by atoms with van der Waals surface area (Å²) in [5.41, 5.74) is -0.0626. The zero-order valence-electron chi connectivity index (χ0n) is 10.3. The maximum Gasteiger partial charge on any atom is 0.357 e. The Hall–Kier alpha value is -2.28. The Morgan fingerprint density at radius 1 is 1.15 bits per heavy atom. The molecule has 2 heterocycles. The summed E-state index contributed by atoms with van der Waals surface area (Å²) in [6.45, 7) is 1.04. The Morgan fingerprint density at radius 3 is 2.70 bits per heavy atom. The van der Waals surface area contributed by atoms with Gasteiger partial charge in [0.1, 0.15) is 18.2 Å². The first-order valence-corrected chi connectivity index (χ1v) is 6.67. The molecule has 0 unspecified atom stereocenters. The van der Waals surface area contributed by atoms with E-state index in [2.05, 4.69) is 9.97 Å². The van der Waals surface area contributed by atoms with Gasteiger partial charge in [-0.2, -0.15) is 0 Å². The number of nitrogens with zero attached hydrogens (tertiary/aromatic N) is 2. The normalized spacial score (nSPS) is 13.0. The van der Waals surface area contributed by atoms with Gasteiger partial charge >= 0.3 is 5.97 Å². The van der Waals surface area contributed by atoms with Gasteiger partial charge in [-0.05, 0) is 18.2 Å². The molecule has 1 aliphatic heterocycles. The fourth-order valence-electron chi connectivity index (χ4n) is 1.75. The van der Waals surface area contributed by atoms with Crippen molar-refractivity contribution in [2.45, 2.75) is 9.92 Å². The molecular formula is C13H10N2O4S. The second kappa shape index (κ2) is 5.38. The van der Waals surface area contributed by atoms with Gasteiger partial charge in [0.05, 0.1) is 0 Å². The molecule has 7 heteroatoms. The first kappa shape index (κ1) is 12.7. The number of aromatic carboxylic acids is 1. The molecule has 0 radical (unpaired) electrons. The predicted octanol–water partition coefficient (Wildman–Crippen LogP) is 2.10. The summed E-state index contributed by atoms with van der Waals surface area (Å²) in [4.78, 5) is 19.8. The average Bonchev–Trinajstić information content (AvgIpc) is 2.47. The van der Waals surface area contributed by atoms with Crippen LogP contribution in [0.1, 0.15) is 10.5 Å². The van der Waals surface area contributed by atoms with Crippen LogP contribution < -0.4 is 9.47 Å². The van der Waals surface area contributed by atoms with Crippen LogP contribution in [0.5, 0.6) is 11.5 Å². The van der Waals surface area contributed by atoms with Crippen LogP contribution in [0.3, 0.4) is 0 Å². The third-order valence-corrected chi connectivity index (χ3v) is 3.58. The minimum Gasteiger partial charge on any atom is -0.486 e. The van der Waals surface area contributed by atoms with Gasteiger partial charge in [-0.25, -0.2) is 14.8 Å². The van der Waals surface area contributed by atoms with Gasteiger partial charge in [-0.15, -0.1) is 0 Å². The van der Waals surface area contributed by atoms with Crippen LogP contribution in [0.25, 0.3) is 0 Å². The molecule has 0 atom stereocenters. The number of fused-ring (bicyclic) bond motifs is 1. The summed E-state index contributed by atoms with van der Waals surface area (Å²) < 4.78 is 10.9. The quantitative estimate of drug-likeness (QED) is 0.926. The highest BCUT2D eigenvalue weighted by molar-refractivity contribution is 7.99. The number of carboxylic acid groups (broad SMARTS) is 1. The molecule has 20 heavy (non-hydrogen) atoms. The van der Waals surface area contributed by atoms with E-state index < -0.39 is 5.97 Å². The van der Waals surface area contributed by atoms with E-state index in [-0.39, 0.29) is 5.69 Å². The maximum atomic E-state index is 11.1. The van der Waals surface area contributed by atoms with Gasteiger partial charge in [0.15, 0.2) is 17.2 Å². The fraction of sp³-hybridized carbons (Fsp3) is 0.154. The van der Waals surface area contributed by atoms with E-state index in [9.17, 15) is 4.79 Å². The van der Waals surface area contributed by atoms with Crippen molar-refractivity contribution in [3.63, 3.8) is 0 Å². The second-order valence-corrected chi connectivity index (χ2v) is 4.99.